The number of piperidine rings is 1. The number of hydrogen-bond donors (Lipinski definition) is 1. The van der Waals surface area contributed by atoms with E-state index in [1.54, 1.807) is 6.07 Å². The fourth-order valence-electron chi connectivity index (χ4n) is 3.96. The van der Waals surface area contributed by atoms with E-state index in [1.165, 1.54) is 12.1 Å². The predicted molar refractivity (Wildman–Crippen MR) is 111 cm³/mol. The summed E-state index contributed by atoms with van der Waals surface area (Å²) in [6, 6.07) is 6.19. The molecule has 152 valence electrons. The van der Waals surface area contributed by atoms with Gasteiger partial charge in [-0.2, -0.15) is 5.10 Å². The van der Waals surface area contributed by atoms with E-state index >= 15 is 0 Å². The molecule has 1 N–H and O–H groups in total. The van der Waals surface area contributed by atoms with Gasteiger partial charge < -0.3 is 10.2 Å². The average molecular weight is 416 g/mol. The lowest BCUT2D eigenvalue weighted by Crippen LogP contribution is -2.40. The Morgan fingerprint density at radius 1 is 1.31 bits per heavy atom. The van der Waals surface area contributed by atoms with Crippen LogP contribution in [0.25, 0.3) is 10.9 Å². The zero-order valence-electron chi connectivity index (χ0n) is 16.5. The van der Waals surface area contributed by atoms with E-state index in [2.05, 4.69) is 20.3 Å². The lowest BCUT2D eigenvalue weighted by molar-refractivity contribution is -0.125. The Morgan fingerprint density at radius 3 is 2.79 bits per heavy atom. The van der Waals surface area contributed by atoms with E-state index in [9.17, 15) is 9.18 Å². The van der Waals surface area contributed by atoms with Crippen LogP contribution in [-0.4, -0.2) is 33.8 Å². The van der Waals surface area contributed by atoms with Crippen LogP contribution in [0.3, 0.4) is 0 Å². The first-order valence-corrected chi connectivity index (χ1v) is 10.1. The third kappa shape index (κ3) is 3.92. The van der Waals surface area contributed by atoms with E-state index in [0.29, 0.717) is 17.1 Å². The number of fused-ring (bicyclic) bond motifs is 1. The summed E-state index contributed by atoms with van der Waals surface area (Å²) in [4.78, 5) is 19.4. The van der Waals surface area contributed by atoms with Crippen molar-refractivity contribution in [1.29, 1.82) is 0 Å². The first-order valence-electron chi connectivity index (χ1n) is 9.69. The van der Waals surface area contributed by atoms with E-state index in [0.717, 1.165) is 48.3 Å². The molecule has 3 heterocycles. The number of nitrogens with one attached hydrogen (secondary N) is 1. The second-order valence-electron chi connectivity index (χ2n) is 7.45. The molecule has 0 saturated carbocycles. The zero-order valence-corrected chi connectivity index (χ0v) is 17.2. The first-order chi connectivity index (χ1) is 13.9. The highest BCUT2D eigenvalue weighted by Crippen LogP contribution is 2.29. The fourth-order valence-corrected chi connectivity index (χ4v) is 4.19. The summed E-state index contributed by atoms with van der Waals surface area (Å²) >= 11 is 6.04. The van der Waals surface area contributed by atoms with Crippen molar-refractivity contribution in [2.24, 2.45) is 13.0 Å². The number of aryl methyl sites for hydroxylation is 2. The Hall–Kier alpha value is -2.67. The minimum atomic E-state index is -0.385. The van der Waals surface area contributed by atoms with Gasteiger partial charge in [-0.1, -0.05) is 17.7 Å². The minimum Gasteiger partial charge on any atom is -0.355 e. The maximum Gasteiger partial charge on any atom is 0.223 e. The van der Waals surface area contributed by atoms with Gasteiger partial charge in [0, 0.05) is 49.2 Å². The van der Waals surface area contributed by atoms with Crippen LogP contribution in [-0.2, 0) is 18.4 Å². The van der Waals surface area contributed by atoms with Crippen LogP contribution in [0.5, 0.6) is 0 Å². The number of carbonyl (C=O) groups is 1. The molecule has 0 radical (unpaired) electrons. The number of hydrogen-bond acceptors (Lipinski definition) is 4. The normalized spacial score (nSPS) is 15.1. The summed E-state index contributed by atoms with van der Waals surface area (Å²) in [5.41, 5.74) is 2.72. The van der Waals surface area contributed by atoms with Crippen molar-refractivity contribution < 1.29 is 9.18 Å². The molecular formula is C21H23ClFN5O. The monoisotopic (exact) mass is 415 g/mol. The summed E-state index contributed by atoms with van der Waals surface area (Å²) in [7, 11) is 1.93. The number of rotatable bonds is 4. The Balaban J connectivity index is 1.39. The molecule has 1 amide bonds. The summed E-state index contributed by atoms with van der Waals surface area (Å²) in [5.74, 6) is 0.484. The minimum absolute atomic E-state index is 0.00703. The second kappa shape index (κ2) is 7.99. The number of amides is 1. The molecule has 0 bridgehead atoms. The highest BCUT2D eigenvalue weighted by Gasteiger charge is 2.27. The molecule has 0 spiro atoms. The van der Waals surface area contributed by atoms with Gasteiger partial charge in [0.05, 0.1) is 5.69 Å². The smallest absolute Gasteiger partial charge is 0.223 e. The lowest BCUT2D eigenvalue weighted by Gasteiger charge is -2.32. The highest BCUT2D eigenvalue weighted by atomic mass is 35.5. The molecule has 0 atom stereocenters. The van der Waals surface area contributed by atoms with Crippen LogP contribution in [0.4, 0.5) is 10.2 Å². The van der Waals surface area contributed by atoms with Crippen LogP contribution in [0.15, 0.2) is 30.5 Å². The van der Waals surface area contributed by atoms with Crippen molar-refractivity contribution in [3.63, 3.8) is 0 Å². The molecule has 0 unspecified atom stereocenters. The fraction of sp³-hybridized carbons (Fsp3) is 0.381. The number of nitrogens with zero attached hydrogens (tertiary/aromatic N) is 4. The van der Waals surface area contributed by atoms with Crippen molar-refractivity contribution in [2.75, 3.05) is 18.0 Å². The van der Waals surface area contributed by atoms with Crippen LogP contribution in [0, 0.1) is 18.7 Å². The molecular weight excluding hydrogens is 393 g/mol. The molecule has 4 rings (SSSR count). The van der Waals surface area contributed by atoms with Crippen LogP contribution < -0.4 is 10.2 Å². The van der Waals surface area contributed by atoms with E-state index < -0.39 is 0 Å². The molecule has 1 fully saturated rings. The molecule has 29 heavy (non-hydrogen) atoms. The number of halogens is 2. The van der Waals surface area contributed by atoms with Crippen LogP contribution in [0.1, 0.15) is 24.1 Å². The zero-order chi connectivity index (χ0) is 20.5. The Bertz CT molecular complexity index is 1060. The van der Waals surface area contributed by atoms with Crippen LogP contribution in [0.2, 0.25) is 5.02 Å². The molecule has 1 aromatic carbocycles. The number of pyridine rings is 1. The average Bonchev–Trinajstić information content (AvgIpc) is 3.01. The summed E-state index contributed by atoms with van der Waals surface area (Å²) < 4.78 is 15.0. The van der Waals surface area contributed by atoms with Gasteiger partial charge in [0.25, 0.3) is 0 Å². The molecule has 1 aliphatic rings. The number of aromatic nitrogens is 3. The van der Waals surface area contributed by atoms with Gasteiger partial charge in [0.1, 0.15) is 11.3 Å². The van der Waals surface area contributed by atoms with Crippen molar-refractivity contribution in [3.05, 3.63) is 52.6 Å². The van der Waals surface area contributed by atoms with Crippen molar-refractivity contribution in [3.8, 4) is 0 Å². The molecule has 2 aromatic heterocycles. The standard InChI is InChI=1S/C21H23ClFN5O/c1-13-17-5-8-24-20(19(17)27(2)26-13)28-9-6-14(7-10-28)21(29)25-12-15-3-4-16(23)11-18(15)22/h3-5,8,11,14H,6-7,9-10,12H2,1-2H3,(H,25,29). The van der Waals surface area contributed by atoms with E-state index in [-0.39, 0.29) is 17.6 Å². The third-order valence-corrected chi connectivity index (χ3v) is 5.90. The van der Waals surface area contributed by atoms with Gasteiger partial charge in [-0.05, 0) is 43.5 Å². The third-order valence-electron chi connectivity index (χ3n) is 5.55. The number of carbonyl (C=O) groups excluding carboxylic acids is 1. The first kappa shape index (κ1) is 19.6. The molecule has 8 heteroatoms. The maximum atomic E-state index is 13.2. The molecule has 1 aliphatic heterocycles. The van der Waals surface area contributed by atoms with Crippen molar-refractivity contribution >= 4 is 34.2 Å². The molecule has 0 aliphatic carbocycles. The quantitative estimate of drug-likeness (QED) is 0.707. The summed E-state index contributed by atoms with van der Waals surface area (Å²) in [6.45, 7) is 3.81. The molecule has 3 aromatic rings. The van der Waals surface area contributed by atoms with Gasteiger partial charge in [0.15, 0.2) is 5.82 Å². The van der Waals surface area contributed by atoms with Crippen molar-refractivity contribution in [1.82, 2.24) is 20.1 Å². The Kier molecular flexibility index (Phi) is 5.41. The van der Waals surface area contributed by atoms with E-state index in [4.69, 9.17) is 11.6 Å². The van der Waals surface area contributed by atoms with Crippen LogP contribution >= 0.6 is 11.6 Å². The highest BCUT2D eigenvalue weighted by molar-refractivity contribution is 6.31. The number of benzene rings is 1. The van der Waals surface area contributed by atoms with Gasteiger partial charge >= 0.3 is 0 Å². The SMILES string of the molecule is Cc1nn(C)c2c(N3CCC(C(=O)NCc4ccc(F)cc4Cl)CC3)nccc12. The van der Waals surface area contributed by atoms with E-state index in [1.807, 2.05) is 30.9 Å². The predicted octanol–water partition coefficient (Wildman–Crippen LogP) is 3.60. The van der Waals surface area contributed by atoms with Gasteiger partial charge in [0.2, 0.25) is 5.91 Å². The maximum absolute atomic E-state index is 13.2. The van der Waals surface area contributed by atoms with Gasteiger partial charge in [-0.15, -0.1) is 0 Å². The van der Waals surface area contributed by atoms with Gasteiger partial charge in [-0.25, -0.2) is 9.37 Å². The Labute approximate surface area is 173 Å². The second-order valence-corrected chi connectivity index (χ2v) is 7.86. The van der Waals surface area contributed by atoms with Crippen molar-refractivity contribution in [2.45, 2.75) is 26.3 Å². The largest absolute Gasteiger partial charge is 0.355 e. The topological polar surface area (TPSA) is 63.1 Å². The Morgan fingerprint density at radius 2 is 2.07 bits per heavy atom. The molecule has 1 saturated heterocycles. The van der Waals surface area contributed by atoms with Gasteiger partial charge in [-0.3, -0.25) is 9.48 Å². The number of anilines is 1. The molecule has 6 nitrogen and oxygen atoms in total. The lowest BCUT2D eigenvalue weighted by atomic mass is 9.95. The summed E-state index contributed by atoms with van der Waals surface area (Å²) in [5, 5.41) is 8.87. The summed E-state index contributed by atoms with van der Waals surface area (Å²) in [6.07, 6.45) is 3.31.